The van der Waals surface area contributed by atoms with Gasteiger partial charge in [0.1, 0.15) is 0 Å². The van der Waals surface area contributed by atoms with Crippen LogP contribution < -0.4 is 15.5 Å². The topological polar surface area (TPSA) is 61.4 Å². The van der Waals surface area contributed by atoms with Crippen molar-refractivity contribution in [3.8, 4) is 0 Å². The summed E-state index contributed by atoms with van der Waals surface area (Å²) in [7, 11) is 1.97. The molecule has 0 aliphatic carbocycles. The van der Waals surface area contributed by atoms with E-state index in [4.69, 9.17) is 0 Å². The molecule has 0 aromatic heterocycles. The monoisotopic (exact) mass is 437 g/mol. The molecule has 1 unspecified atom stereocenters. The number of benzene rings is 2. The number of nitrogens with zero attached hydrogens (tertiary/aromatic N) is 1. The quantitative estimate of drug-likeness (QED) is 0.639. The molecule has 0 saturated carbocycles. The Labute approximate surface area is 177 Å². The molecule has 0 spiro atoms. The number of fused-ring (bicyclic) bond motifs is 1. The first-order valence-electron chi connectivity index (χ1n) is 9.45. The van der Waals surface area contributed by atoms with Gasteiger partial charge in [-0.3, -0.25) is 9.59 Å². The van der Waals surface area contributed by atoms with Crippen LogP contribution >= 0.6 is 11.8 Å². The van der Waals surface area contributed by atoms with Crippen molar-refractivity contribution in [1.82, 2.24) is 5.32 Å². The summed E-state index contributed by atoms with van der Waals surface area (Å²) < 4.78 is 38.5. The lowest BCUT2D eigenvalue weighted by Crippen LogP contribution is -2.35. The smallest absolute Gasteiger partial charge is 0.375 e. The number of alkyl halides is 3. The van der Waals surface area contributed by atoms with Gasteiger partial charge in [0, 0.05) is 37.1 Å². The molecule has 1 aliphatic rings. The molecule has 160 valence electrons. The molecule has 3 rings (SSSR count). The van der Waals surface area contributed by atoms with Gasteiger partial charge in [-0.25, -0.2) is 0 Å². The summed E-state index contributed by atoms with van der Waals surface area (Å²) in [6.45, 7) is 1.23. The lowest BCUT2D eigenvalue weighted by atomic mass is 10.1. The highest BCUT2D eigenvalue weighted by Crippen LogP contribution is 2.40. The van der Waals surface area contributed by atoms with Crippen LogP contribution in [-0.2, 0) is 15.8 Å². The minimum absolute atomic E-state index is 0.0362. The molecule has 30 heavy (non-hydrogen) atoms. The van der Waals surface area contributed by atoms with Gasteiger partial charge in [0.15, 0.2) is 0 Å². The van der Waals surface area contributed by atoms with E-state index in [-0.39, 0.29) is 18.0 Å². The molecule has 1 aliphatic heterocycles. The standard InChI is InChI=1S/C21H22F3N3O2S/c1-27(15-6-3-2-4-7-15)11-5-10-25-19(28)13-18-20(29)26-16-12-14(21(22,23)24)8-9-17(16)30-18/h2-4,6-9,12,18H,5,10-11,13H2,1H3,(H,25,28)(H,26,29). The maximum atomic E-state index is 12.8. The van der Waals surface area contributed by atoms with Crippen LogP contribution in [0.1, 0.15) is 18.4 Å². The van der Waals surface area contributed by atoms with E-state index in [0.29, 0.717) is 11.4 Å². The van der Waals surface area contributed by atoms with Crippen LogP contribution in [0, 0.1) is 0 Å². The number of anilines is 2. The minimum atomic E-state index is -4.48. The summed E-state index contributed by atoms with van der Waals surface area (Å²) in [6, 6.07) is 13.1. The maximum Gasteiger partial charge on any atom is 0.416 e. The molecule has 1 atom stereocenters. The van der Waals surface area contributed by atoms with Crippen LogP contribution in [0.5, 0.6) is 0 Å². The average molecular weight is 437 g/mol. The zero-order valence-corrected chi connectivity index (χ0v) is 17.1. The van der Waals surface area contributed by atoms with Crippen molar-refractivity contribution in [3.05, 3.63) is 54.1 Å². The van der Waals surface area contributed by atoms with Crippen molar-refractivity contribution >= 4 is 35.0 Å². The number of thioether (sulfide) groups is 1. The van der Waals surface area contributed by atoms with Gasteiger partial charge in [0.2, 0.25) is 11.8 Å². The van der Waals surface area contributed by atoms with E-state index >= 15 is 0 Å². The van der Waals surface area contributed by atoms with Crippen molar-refractivity contribution in [2.24, 2.45) is 0 Å². The fraction of sp³-hybridized carbons (Fsp3) is 0.333. The average Bonchev–Trinajstić information content (AvgIpc) is 2.71. The maximum absolute atomic E-state index is 12.8. The first-order chi connectivity index (χ1) is 14.2. The Balaban J connectivity index is 1.46. The fourth-order valence-corrected chi connectivity index (χ4v) is 4.15. The molecule has 2 N–H and O–H groups in total. The van der Waals surface area contributed by atoms with E-state index in [1.807, 2.05) is 37.4 Å². The molecule has 0 bridgehead atoms. The number of hydrogen-bond acceptors (Lipinski definition) is 4. The summed E-state index contributed by atoms with van der Waals surface area (Å²) in [4.78, 5) is 27.0. The lowest BCUT2D eigenvalue weighted by Gasteiger charge is -2.24. The molecule has 1 heterocycles. The fourth-order valence-electron chi connectivity index (χ4n) is 3.06. The second-order valence-electron chi connectivity index (χ2n) is 6.97. The highest BCUT2D eigenvalue weighted by Gasteiger charge is 2.34. The van der Waals surface area contributed by atoms with E-state index in [1.165, 1.54) is 6.07 Å². The predicted molar refractivity (Wildman–Crippen MR) is 112 cm³/mol. The summed E-state index contributed by atoms with van der Waals surface area (Å²) in [5, 5.41) is 4.60. The van der Waals surface area contributed by atoms with Gasteiger partial charge in [-0.15, -0.1) is 11.8 Å². The van der Waals surface area contributed by atoms with Crippen LogP contribution in [-0.4, -0.2) is 37.2 Å². The second kappa shape index (κ2) is 9.42. The van der Waals surface area contributed by atoms with Crippen molar-refractivity contribution in [3.63, 3.8) is 0 Å². The molecule has 2 aromatic carbocycles. The third-order valence-corrected chi connectivity index (χ3v) is 5.96. The van der Waals surface area contributed by atoms with Crippen molar-refractivity contribution in [2.45, 2.75) is 29.2 Å². The third-order valence-electron chi connectivity index (χ3n) is 4.69. The summed E-state index contributed by atoms with van der Waals surface area (Å²) >= 11 is 1.11. The number of halogens is 3. The Kier molecular flexibility index (Phi) is 6.91. The highest BCUT2D eigenvalue weighted by molar-refractivity contribution is 8.01. The van der Waals surface area contributed by atoms with Crippen LogP contribution in [0.3, 0.4) is 0 Å². The first-order valence-corrected chi connectivity index (χ1v) is 10.3. The molecular weight excluding hydrogens is 415 g/mol. The van der Waals surface area contributed by atoms with Gasteiger partial charge in [-0.1, -0.05) is 18.2 Å². The highest BCUT2D eigenvalue weighted by atomic mass is 32.2. The molecule has 5 nitrogen and oxygen atoms in total. The summed E-state index contributed by atoms with van der Waals surface area (Å²) in [5.41, 5.74) is 0.394. The normalized spacial score (nSPS) is 15.9. The first kappa shape index (κ1) is 22.0. The van der Waals surface area contributed by atoms with Crippen LogP contribution in [0.25, 0.3) is 0 Å². The minimum Gasteiger partial charge on any atom is -0.375 e. The molecule has 9 heteroatoms. The SMILES string of the molecule is CN(CCCNC(=O)CC1Sc2ccc(C(F)(F)F)cc2NC1=O)c1ccccc1. The Morgan fingerprint density at radius 3 is 2.63 bits per heavy atom. The molecule has 2 aromatic rings. The van der Waals surface area contributed by atoms with Crippen LogP contribution in [0.15, 0.2) is 53.4 Å². The van der Waals surface area contributed by atoms with E-state index in [1.54, 1.807) is 0 Å². The number of carbonyl (C=O) groups is 2. The molecule has 0 fully saturated rings. The van der Waals surface area contributed by atoms with Gasteiger partial charge in [0.25, 0.3) is 0 Å². The van der Waals surface area contributed by atoms with Crippen molar-refractivity contribution in [2.75, 3.05) is 30.4 Å². The van der Waals surface area contributed by atoms with Gasteiger partial charge in [0.05, 0.1) is 16.5 Å². The Morgan fingerprint density at radius 2 is 1.93 bits per heavy atom. The Morgan fingerprint density at radius 1 is 1.20 bits per heavy atom. The number of nitrogens with one attached hydrogen (secondary N) is 2. The van der Waals surface area contributed by atoms with Crippen molar-refractivity contribution < 1.29 is 22.8 Å². The van der Waals surface area contributed by atoms with Gasteiger partial charge >= 0.3 is 6.18 Å². The third kappa shape index (κ3) is 5.69. The lowest BCUT2D eigenvalue weighted by molar-refractivity contribution is -0.137. The second-order valence-corrected chi connectivity index (χ2v) is 8.21. The zero-order chi connectivity index (χ0) is 21.7. The number of rotatable bonds is 7. The summed E-state index contributed by atoms with van der Waals surface area (Å²) in [6.07, 6.45) is -3.77. The van der Waals surface area contributed by atoms with E-state index in [2.05, 4.69) is 15.5 Å². The number of hydrogen-bond donors (Lipinski definition) is 2. The number of para-hydroxylation sites is 1. The molecule has 0 saturated heterocycles. The Hall–Kier alpha value is -2.68. The van der Waals surface area contributed by atoms with E-state index in [9.17, 15) is 22.8 Å². The Bertz CT molecular complexity index is 906. The van der Waals surface area contributed by atoms with Gasteiger partial charge < -0.3 is 15.5 Å². The zero-order valence-electron chi connectivity index (χ0n) is 16.3. The van der Waals surface area contributed by atoms with Gasteiger partial charge in [-0.05, 0) is 36.8 Å². The van der Waals surface area contributed by atoms with E-state index in [0.717, 1.165) is 42.5 Å². The molecule has 2 amide bonds. The van der Waals surface area contributed by atoms with Gasteiger partial charge in [-0.2, -0.15) is 13.2 Å². The van der Waals surface area contributed by atoms with Crippen LogP contribution in [0.4, 0.5) is 24.5 Å². The predicted octanol–water partition coefficient (Wildman–Crippen LogP) is 4.15. The molecular formula is C21H22F3N3O2S. The van der Waals surface area contributed by atoms with Crippen LogP contribution in [0.2, 0.25) is 0 Å². The van der Waals surface area contributed by atoms with E-state index < -0.39 is 22.9 Å². The largest absolute Gasteiger partial charge is 0.416 e. The van der Waals surface area contributed by atoms with Crippen molar-refractivity contribution in [1.29, 1.82) is 0 Å². The number of amides is 2. The number of carbonyl (C=O) groups excluding carboxylic acids is 2. The molecule has 0 radical (unpaired) electrons. The summed E-state index contributed by atoms with van der Waals surface area (Å²) in [5.74, 6) is -0.730.